The molecule has 170 valence electrons. The number of hydrogen-bond donors (Lipinski definition) is 1. The fourth-order valence-electron chi connectivity index (χ4n) is 3.35. The van der Waals surface area contributed by atoms with Crippen molar-refractivity contribution >= 4 is 29.2 Å². The molecule has 1 saturated heterocycles. The van der Waals surface area contributed by atoms with Crippen LogP contribution in [0.1, 0.15) is 25.8 Å². The number of ether oxygens (including phenoxy) is 2. The van der Waals surface area contributed by atoms with E-state index in [2.05, 4.69) is 10.1 Å². The van der Waals surface area contributed by atoms with E-state index in [0.717, 1.165) is 12.0 Å². The first-order valence-corrected chi connectivity index (χ1v) is 10.2. The van der Waals surface area contributed by atoms with Crippen LogP contribution < -0.4 is 15.0 Å². The Balaban J connectivity index is 1.58. The van der Waals surface area contributed by atoms with Crippen molar-refractivity contribution in [3.8, 4) is 5.75 Å². The highest BCUT2D eigenvalue weighted by Crippen LogP contribution is 2.28. The molecule has 2 aromatic rings. The van der Waals surface area contributed by atoms with Gasteiger partial charge in [0.2, 0.25) is 5.91 Å². The van der Waals surface area contributed by atoms with Gasteiger partial charge in [-0.3, -0.25) is 14.4 Å². The maximum absolute atomic E-state index is 12.5. The first-order chi connectivity index (χ1) is 15.3. The minimum Gasteiger partial charge on any atom is -0.452 e. The Kier molecular flexibility index (Phi) is 7.40. The fourth-order valence-corrected chi connectivity index (χ4v) is 3.35. The van der Waals surface area contributed by atoms with Crippen LogP contribution in [0.4, 0.5) is 20.2 Å². The average molecular weight is 446 g/mol. The normalized spacial score (nSPS) is 16.7. The molecule has 32 heavy (non-hydrogen) atoms. The molecular formula is C23H24F2N2O5. The number of aryl methyl sites for hydroxylation is 1. The zero-order chi connectivity index (χ0) is 23.3. The first kappa shape index (κ1) is 23.2. The molecule has 7 nitrogen and oxygen atoms in total. The van der Waals surface area contributed by atoms with Gasteiger partial charge in [0, 0.05) is 18.7 Å². The summed E-state index contributed by atoms with van der Waals surface area (Å²) in [5.74, 6) is -2.50. The monoisotopic (exact) mass is 446 g/mol. The lowest BCUT2D eigenvalue weighted by Crippen LogP contribution is -2.33. The molecule has 0 spiro atoms. The van der Waals surface area contributed by atoms with Gasteiger partial charge in [0.25, 0.3) is 5.91 Å². The number of para-hydroxylation sites is 2. The van der Waals surface area contributed by atoms with Crippen LogP contribution in [0.25, 0.3) is 0 Å². The number of benzene rings is 2. The van der Waals surface area contributed by atoms with Crippen molar-refractivity contribution < 1.29 is 32.6 Å². The highest BCUT2D eigenvalue weighted by molar-refractivity contribution is 6.00. The lowest BCUT2D eigenvalue weighted by molar-refractivity contribution is -0.157. The van der Waals surface area contributed by atoms with Crippen LogP contribution in [0.2, 0.25) is 0 Å². The van der Waals surface area contributed by atoms with E-state index in [1.165, 1.54) is 36.1 Å². The molecule has 0 aromatic heterocycles. The summed E-state index contributed by atoms with van der Waals surface area (Å²) in [5, 5.41) is 2.41. The van der Waals surface area contributed by atoms with Crippen LogP contribution >= 0.6 is 0 Å². The summed E-state index contributed by atoms with van der Waals surface area (Å²) in [7, 11) is 0. The van der Waals surface area contributed by atoms with Crippen LogP contribution in [0.15, 0.2) is 48.5 Å². The third-order valence-electron chi connectivity index (χ3n) is 5.14. The van der Waals surface area contributed by atoms with Crippen LogP contribution in [0.3, 0.4) is 0 Å². The van der Waals surface area contributed by atoms with E-state index in [4.69, 9.17) is 4.74 Å². The Hall–Kier alpha value is -3.49. The fraction of sp³-hybridized carbons (Fsp3) is 0.348. The highest BCUT2D eigenvalue weighted by atomic mass is 19.3. The van der Waals surface area contributed by atoms with E-state index >= 15 is 0 Å². The molecular weight excluding hydrogens is 422 g/mol. The number of amides is 2. The summed E-state index contributed by atoms with van der Waals surface area (Å²) >= 11 is 0. The van der Waals surface area contributed by atoms with Crippen LogP contribution in [0.5, 0.6) is 5.75 Å². The lowest BCUT2D eigenvalue weighted by Gasteiger charge is -2.18. The zero-order valence-corrected chi connectivity index (χ0v) is 17.7. The Morgan fingerprint density at radius 3 is 2.50 bits per heavy atom. The van der Waals surface area contributed by atoms with Crippen molar-refractivity contribution in [1.29, 1.82) is 0 Å². The summed E-state index contributed by atoms with van der Waals surface area (Å²) in [4.78, 5) is 38.9. The molecule has 1 fully saturated rings. The van der Waals surface area contributed by atoms with Crippen molar-refractivity contribution in [2.24, 2.45) is 5.92 Å². The van der Waals surface area contributed by atoms with Crippen molar-refractivity contribution in [2.45, 2.75) is 39.4 Å². The number of carbonyl (C=O) groups is 3. The van der Waals surface area contributed by atoms with Crippen molar-refractivity contribution in [3.63, 3.8) is 0 Å². The highest BCUT2D eigenvalue weighted by Gasteiger charge is 2.37. The maximum atomic E-state index is 12.5. The molecule has 2 amide bonds. The summed E-state index contributed by atoms with van der Waals surface area (Å²) in [6.45, 7) is 0.498. The molecule has 1 aliphatic rings. The Morgan fingerprint density at radius 1 is 1.16 bits per heavy atom. The molecule has 9 heteroatoms. The average Bonchev–Trinajstić information content (AvgIpc) is 3.16. The smallest absolute Gasteiger partial charge is 0.387 e. The molecule has 0 bridgehead atoms. The molecule has 2 aromatic carbocycles. The molecule has 1 aliphatic heterocycles. The van der Waals surface area contributed by atoms with Gasteiger partial charge >= 0.3 is 12.6 Å². The number of hydrogen-bond acceptors (Lipinski definition) is 5. The van der Waals surface area contributed by atoms with Crippen molar-refractivity contribution in [1.82, 2.24) is 0 Å². The molecule has 2 unspecified atom stereocenters. The second kappa shape index (κ2) is 10.2. The minimum absolute atomic E-state index is 0.0201. The van der Waals surface area contributed by atoms with E-state index < -0.39 is 30.5 Å². The van der Waals surface area contributed by atoms with Gasteiger partial charge < -0.3 is 19.7 Å². The molecule has 1 heterocycles. The van der Waals surface area contributed by atoms with Crippen molar-refractivity contribution in [3.05, 3.63) is 54.1 Å². The quantitative estimate of drug-likeness (QED) is 0.624. The Labute approximate surface area is 184 Å². The first-order valence-electron chi connectivity index (χ1n) is 10.2. The van der Waals surface area contributed by atoms with Gasteiger partial charge in [0.1, 0.15) is 5.75 Å². The second-order valence-corrected chi connectivity index (χ2v) is 7.37. The molecule has 3 rings (SSSR count). The van der Waals surface area contributed by atoms with Crippen LogP contribution in [-0.2, 0) is 25.5 Å². The van der Waals surface area contributed by atoms with Crippen molar-refractivity contribution in [2.75, 3.05) is 16.8 Å². The van der Waals surface area contributed by atoms with Gasteiger partial charge in [0.05, 0.1) is 11.6 Å². The summed E-state index contributed by atoms with van der Waals surface area (Å²) in [5.41, 5.74) is 1.86. The Morgan fingerprint density at radius 2 is 1.84 bits per heavy atom. The predicted octanol–water partition coefficient (Wildman–Crippen LogP) is 3.77. The molecule has 0 aliphatic carbocycles. The topological polar surface area (TPSA) is 84.9 Å². The van der Waals surface area contributed by atoms with E-state index in [1.807, 2.05) is 31.2 Å². The third-order valence-corrected chi connectivity index (χ3v) is 5.14. The second-order valence-electron chi connectivity index (χ2n) is 7.37. The van der Waals surface area contributed by atoms with E-state index in [9.17, 15) is 23.2 Å². The summed E-state index contributed by atoms with van der Waals surface area (Å²) in [6, 6.07) is 13.2. The van der Waals surface area contributed by atoms with E-state index in [-0.39, 0.29) is 30.3 Å². The van der Waals surface area contributed by atoms with E-state index in [0.29, 0.717) is 5.69 Å². The number of nitrogens with one attached hydrogen (secondary N) is 1. The summed E-state index contributed by atoms with van der Waals surface area (Å²) < 4.78 is 34.7. The molecule has 0 radical (unpaired) electrons. The van der Waals surface area contributed by atoms with Gasteiger partial charge in [-0.2, -0.15) is 8.78 Å². The number of rotatable bonds is 8. The Bertz CT molecular complexity index is 981. The van der Waals surface area contributed by atoms with Crippen LogP contribution in [0, 0.1) is 5.92 Å². The molecule has 2 atom stereocenters. The largest absolute Gasteiger partial charge is 0.452 e. The maximum Gasteiger partial charge on any atom is 0.387 e. The van der Waals surface area contributed by atoms with Gasteiger partial charge in [-0.1, -0.05) is 31.2 Å². The number of anilines is 2. The predicted molar refractivity (Wildman–Crippen MR) is 114 cm³/mol. The number of nitrogens with zero attached hydrogens (tertiary/aromatic N) is 1. The standard InChI is InChI=1S/C23H24F2N2O5/c1-3-15-8-10-17(11-9-15)27-13-16(12-20(27)28)22(30)31-14(2)21(29)26-18-6-4-5-7-19(18)32-23(24)25/h4-11,14,16,23H,3,12-13H2,1-2H3,(H,26,29). The number of halogens is 2. The molecule has 0 saturated carbocycles. The number of carbonyl (C=O) groups excluding carboxylic acids is 3. The van der Waals surface area contributed by atoms with Gasteiger partial charge in [0.15, 0.2) is 6.10 Å². The molecule has 1 N–H and O–H groups in total. The minimum atomic E-state index is -3.05. The summed E-state index contributed by atoms with van der Waals surface area (Å²) in [6.07, 6.45) is -0.342. The lowest BCUT2D eigenvalue weighted by atomic mass is 10.1. The van der Waals surface area contributed by atoms with Gasteiger partial charge in [-0.25, -0.2) is 0 Å². The van der Waals surface area contributed by atoms with Crippen LogP contribution in [-0.4, -0.2) is 37.0 Å². The van der Waals surface area contributed by atoms with Gasteiger partial charge in [-0.15, -0.1) is 0 Å². The SMILES string of the molecule is CCc1ccc(N2CC(C(=O)OC(C)C(=O)Nc3ccccc3OC(F)F)CC2=O)cc1. The zero-order valence-electron chi connectivity index (χ0n) is 17.7. The number of alkyl halides is 2. The number of esters is 1. The third kappa shape index (κ3) is 5.60. The van der Waals surface area contributed by atoms with Gasteiger partial charge in [-0.05, 0) is 43.2 Å². The van der Waals surface area contributed by atoms with E-state index in [1.54, 1.807) is 0 Å².